The van der Waals surface area contributed by atoms with Crippen molar-refractivity contribution in [1.29, 1.82) is 0 Å². The van der Waals surface area contributed by atoms with Crippen LogP contribution in [0, 0.1) is 20.8 Å². The maximum atomic E-state index is 12.6. The molecule has 7 nitrogen and oxygen atoms in total. The Hall–Kier alpha value is -2.48. The van der Waals surface area contributed by atoms with Gasteiger partial charge in [0.15, 0.2) is 9.84 Å². The topological polar surface area (TPSA) is 101 Å². The van der Waals surface area contributed by atoms with Gasteiger partial charge in [-0.25, -0.2) is 18.4 Å². The molecule has 1 unspecified atom stereocenters. The van der Waals surface area contributed by atoms with Crippen molar-refractivity contribution in [2.45, 2.75) is 33.2 Å². The molecule has 0 spiro atoms. The zero-order valence-corrected chi connectivity index (χ0v) is 15.9. The Morgan fingerprint density at radius 2 is 1.96 bits per heavy atom. The molecule has 3 rings (SSSR count). The van der Waals surface area contributed by atoms with Crippen LogP contribution >= 0.6 is 0 Å². The lowest BCUT2D eigenvalue weighted by Gasteiger charge is -2.13. The third-order valence-electron chi connectivity index (χ3n) is 4.51. The number of rotatable bonds is 4. The molecule has 0 bridgehead atoms. The van der Waals surface area contributed by atoms with Gasteiger partial charge in [-0.1, -0.05) is 12.1 Å². The summed E-state index contributed by atoms with van der Waals surface area (Å²) in [7, 11) is -3.00. The maximum Gasteiger partial charge on any atom is 0.274 e. The zero-order valence-electron chi connectivity index (χ0n) is 15.0. The van der Waals surface area contributed by atoms with E-state index in [4.69, 9.17) is 0 Å². The Kier molecular flexibility index (Phi) is 4.95. The van der Waals surface area contributed by atoms with E-state index in [0.717, 1.165) is 16.8 Å². The van der Waals surface area contributed by atoms with Crippen molar-refractivity contribution in [3.05, 3.63) is 46.8 Å². The van der Waals surface area contributed by atoms with Crippen molar-refractivity contribution in [1.82, 2.24) is 9.97 Å². The fraction of sp³-hybridized carbons (Fsp3) is 0.389. The van der Waals surface area contributed by atoms with Gasteiger partial charge in [0, 0.05) is 17.4 Å². The lowest BCUT2D eigenvalue weighted by molar-refractivity contribution is 0.102. The third kappa shape index (κ3) is 4.19. The molecule has 1 saturated heterocycles. The third-order valence-corrected chi connectivity index (χ3v) is 6.27. The number of benzene rings is 1. The van der Waals surface area contributed by atoms with E-state index in [1.165, 1.54) is 0 Å². The first-order chi connectivity index (χ1) is 12.2. The van der Waals surface area contributed by atoms with Gasteiger partial charge in [0.25, 0.3) is 5.91 Å². The van der Waals surface area contributed by atoms with Gasteiger partial charge in [-0.05, 0) is 50.5 Å². The first kappa shape index (κ1) is 18.3. The van der Waals surface area contributed by atoms with Crippen molar-refractivity contribution in [2.75, 3.05) is 22.1 Å². The molecule has 1 aromatic heterocycles. The summed E-state index contributed by atoms with van der Waals surface area (Å²) < 4.78 is 23.2. The van der Waals surface area contributed by atoms with Gasteiger partial charge in [-0.15, -0.1) is 0 Å². The number of anilines is 2. The molecule has 2 N–H and O–H groups in total. The molecular weight excluding hydrogens is 352 g/mol. The van der Waals surface area contributed by atoms with Crippen LogP contribution in [0.4, 0.5) is 11.6 Å². The molecule has 0 saturated carbocycles. The molecule has 1 amide bonds. The monoisotopic (exact) mass is 374 g/mol. The first-order valence-corrected chi connectivity index (χ1v) is 10.3. The van der Waals surface area contributed by atoms with Gasteiger partial charge >= 0.3 is 0 Å². The van der Waals surface area contributed by atoms with Crippen LogP contribution in [0.3, 0.4) is 0 Å². The molecule has 2 heterocycles. The molecule has 8 heteroatoms. The fourth-order valence-corrected chi connectivity index (χ4v) is 4.59. The number of nitrogens with zero attached hydrogens (tertiary/aromatic N) is 2. The molecule has 1 fully saturated rings. The van der Waals surface area contributed by atoms with Crippen molar-refractivity contribution in [3.63, 3.8) is 0 Å². The van der Waals surface area contributed by atoms with Crippen LogP contribution in [0.1, 0.15) is 33.7 Å². The van der Waals surface area contributed by atoms with E-state index in [9.17, 15) is 13.2 Å². The van der Waals surface area contributed by atoms with E-state index < -0.39 is 9.84 Å². The molecule has 0 radical (unpaired) electrons. The van der Waals surface area contributed by atoms with E-state index in [2.05, 4.69) is 20.6 Å². The minimum atomic E-state index is -3.00. The first-order valence-electron chi connectivity index (χ1n) is 8.44. The van der Waals surface area contributed by atoms with Crippen LogP contribution in [-0.4, -0.2) is 41.8 Å². The normalized spacial score (nSPS) is 18.5. The van der Waals surface area contributed by atoms with Crippen LogP contribution in [0.25, 0.3) is 0 Å². The Balaban J connectivity index is 1.78. The summed E-state index contributed by atoms with van der Waals surface area (Å²) in [6.45, 7) is 5.70. The van der Waals surface area contributed by atoms with Gasteiger partial charge in [-0.2, -0.15) is 0 Å². The van der Waals surface area contributed by atoms with Crippen molar-refractivity contribution >= 4 is 27.4 Å². The second-order valence-corrected chi connectivity index (χ2v) is 8.89. The fourth-order valence-electron chi connectivity index (χ4n) is 2.91. The second-order valence-electron chi connectivity index (χ2n) is 6.66. The summed E-state index contributed by atoms with van der Waals surface area (Å²) in [5.41, 5.74) is 3.70. The number of carbonyl (C=O) groups is 1. The molecular formula is C18H22N4O3S. The van der Waals surface area contributed by atoms with Crippen LogP contribution in [0.5, 0.6) is 0 Å². The Labute approximate surface area is 153 Å². The number of amides is 1. The van der Waals surface area contributed by atoms with E-state index in [1.54, 1.807) is 13.0 Å². The number of hydrogen-bond donors (Lipinski definition) is 2. The Morgan fingerprint density at radius 1 is 1.19 bits per heavy atom. The smallest absolute Gasteiger partial charge is 0.274 e. The van der Waals surface area contributed by atoms with Gasteiger partial charge < -0.3 is 10.6 Å². The summed E-state index contributed by atoms with van der Waals surface area (Å²) in [6, 6.07) is 7.10. The zero-order chi connectivity index (χ0) is 18.9. The molecule has 138 valence electrons. The van der Waals surface area contributed by atoms with Crippen LogP contribution < -0.4 is 10.6 Å². The average Bonchev–Trinajstić information content (AvgIpc) is 2.90. The van der Waals surface area contributed by atoms with Gasteiger partial charge in [0.1, 0.15) is 5.69 Å². The van der Waals surface area contributed by atoms with Gasteiger partial charge in [-0.3, -0.25) is 4.79 Å². The summed E-state index contributed by atoms with van der Waals surface area (Å²) >= 11 is 0. The van der Waals surface area contributed by atoms with E-state index in [1.807, 2.05) is 32.0 Å². The summed E-state index contributed by atoms with van der Waals surface area (Å²) in [6.07, 6.45) is 0.518. The number of sulfone groups is 1. The number of aryl methyl sites for hydroxylation is 2. The summed E-state index contributed by atoms with van der Waals surface area (Å²) in [5, 5.41) is 5.91. The highest BCUT2D eigenvalue weighted by Gasteiger charge is 2.28. The van der Waals surface area contributed by atoms with E-state index in [-0.39, 0.29) is 35.1 Å². The number of hydrogen-bond acceptors (Lipinski definition) is 6. The molecule has 1 aliphatic rings. The van der Waals surface area contributed by atoms with E-state index in [0.29, 0.717) is 12.1 Å². The predicted octanol–water partition coefficient (Wildman–Crippen LogP) is 2.25. The number of aromatic nitrogens is 2. The van der Waals surface area contributed by atoms with Crippen LogP contribution in [0.2, 0.25) is 0 Å². The molecule has 1 atom stereocenters. The highest BCUT2D eigenvalue weighted by Crippen LogP contribution is 2.20. The summed E-state index contributed by atoms with van der Waals surface area (Å²) in [4.78, 5) is 21.1. The largest absolute Gasteiger partial charge is 0.350 e. The number of nitrogens with one attached hydrogen (secondary N) is 2. The van der Waals surface area contributed by atoms with Gasteiger partial charge in [0.05, 0.1) is 11.5 Å². The SMILES string of the molecule is Cc1cc(C(=O)Nc2cccc(C)c2C)nc(NC2CCS(=O)(=O)C2)n1. The number of carbonyl (C=O) groups excluding carboxylic acids is 1. The Bertz CT molecular complexity index is 957. The van der Waals surface area contributed by atoms with Crippen molar-refractivity contribution < 1.29 is 13.2 Å². The highest BCUT2D eigenvalue weighted by molar-refractivity contribution is 7.91. The minimum absolute atomic E-state index is 0.0638. The van der Waals surface area contributed by atoms with E-state index >= 15 is 0 Å². The van der Waals surface area contributed by atoms with Crippen LogP contribution in [-0.2, 0) is 9.84 Å². The molecule has 1 aliphatic heterocycles. The lowest BCUT2D eigenvalue weighted by atomic mass is 10.1. The molecule has 26 heavy (non-hydrogen) atoms. The van der Waals surface area contributed by atoms with Crippen molar-refractivity contribution in [2.24, 2.45) is 0 Å². The highest BCUT2D eigenvalue weighted by atomic mass is 32.2. The molecule has 1 aromatic carbocycles. The summed E-state index contributed by atoms with van der Waals surface area (Å²) in [5.74, 6) is 0.176. The standard InChI is InChI=1S/C18H22N4O3S/c1-11-5-4-6-15(13(11)3)21-17(23)16-9-12(2)19-18(22-16)20-14-7-8-26(24,25)10-14/h4-6,9,14H,7-8,10H2,1-3H3,(H,21,23)(H,19,20,22). The van der Waals surface area contributed by atoms with Gasteiger partial charge in [0.2, 0.25) is 5.95 Å². The lowest BCUT2D eigenvalue weighted by Crippen LogP contribution is -2.23. The quantitative estimate of drug-likeness (QED) is 0.851. The molecule has 2 aromatic rings. The van der Waals surface area contributed by atoms with Crippen molar-refractivity contribution in [3.8, 4) is 0 Å². The Morgan fingerprint density at radius 3 is 2.65 bits per heavy atom. The maximum absolute atomic E-state index is 12.6. The minimum Gasteiger partial charge on any atom is -0.350 e. The second kappa shape index (κ2) is 7.03. The van der Waals surface area contributed by atoms with Crippen LogP contribution in [0.15, 0.2) is 24.3 Å². The predicted molar refractivity (Wildman–Crippen MR) is 101 cm³/mol. The molecule has 0 aliphatic carbocycles. The average molecular weight is 374 g/mol.